The first kappa shape index (κ1) is 22.6. The molecule has 0 aromatic heterocycles. The van der Waals surface area contributed by atoms with Crippen molar-refractivity contribution < 1.29 is 18.0 Å². The van der Waals surface area contributed by atoms with Crippen LogP contribution < -0.4 is 4.90 Å². The SMILES string of the molecule is C=C(C)CN(c1ccc(C#N)c(C(F)(F)F)c1)[C@H](C(=O)N(C)C)[C@@H](C)CC. The Hall–Kier alpha value is -2.49. The quantitative estimate of drug-likeness (QED) is 0.655. The van der Waals surface area contributed by atoms with E-state index in [0.29, 0.717) is 12.0 Å². The van der Waals surface area contributed by atoms with E-state index >= 15 is 0 Å². The van der Waals surface area contributed by atoms with Crippen molar-refractivity contribution in [2.75, 3.05) is 25.5 Å². The Bertz CT molecular complexity index is 735. The number of nitrogens with zero attached hydrogens (tertiary/aromatic N) is 3. The van der Waals surface area contributed by atoms with Gasteiger partial charge in [-0.05, 0) is 31.0 Å². The number of hydrogen-bond acceptors (Lipinski definition) is 3. The number of carbonyl (C=O) groups excluding carboxylic acids is 1. The van der Waals surface area contributed by atoms with Crippen molar-refractivity contribution >= 4 is 11.6 Å². The monoisotopic (exact) mass is 381 g/mol. The van der Waals surface area contributed by atoms with Gasteiger partial charge in [-0.2, -0.15) is 18.4 Å². The smallest absolute Gasteiger partial charge is 0.355 e. The Morgan fingerprint density at radius 2 is 1.93 bits per heavy atom. The molecule has 0 aliphatic carbocycles. The van der Waals surface area contributed by atoms with Crippen molar-refractivity contribution in [1.82, 2.24) is 4.90 Å². The standard InChI is InChI=1S/C20H26F3N3O/c1-7-14(4)18(19(27)25(5)6)26(12-13(2)3)16-9-8-15(11-24)17(10-16)20(21,22)23/h8-10,14,18H,2,7,12H2,1,3-6H3/t14-,18-/m0/s1. The Balaban J connectivity index is 3.61. The van der Waals surface area contributed by atoms with Gasteiger partial charge >= 0.3 is 6.18 Å². The van der Waals surface area contributed by atoms with Crippen molar-refractivity contribution in [3.63, 3.8) is 0 Å². The maximum atomic E-state index is 13.4. The van der Waals surface area contributed by atoms with Gasteiger partial charge in [0, 0.05) is 26.3 Å². The highest BCUT2D eigenvalue weighted by molar-refractivity contribution is 5.85. The predicted molar refractivity (Wildman–Crippen MR) is 100 cm³/mol. The summed E-state index contributed by atoms with van der Waals surface area (Å²) < 4.78 is 40.2. The van der Waals surface area contributed by atoms with E-state index in [1.54, 1.807) is 32.0 Å². The summed E-state index contributed by atoms with van der Waals surface area (Å²) in [5, 5.41) is 9.01. The molecule has 4 nitrogen and oxygen atoms in total. The highest BCUT2D eigenvalue weighted by atomic mass is 19.4. The Morgan fingerprint density at radius 1 is 1.33 bits per heavy atom. The summed E-state index contributed by atoms with van der Waals surface area (Å²) >= 11 is 0. The van der Waals surface area contributed by atoms with Crippen molar-refractivity contribution in [1.29, 1.82) is 5.26 Å². The molecule has 2 atom stereocenters. The van der Waals surface area contributed by atoms with E-state index in [2.05, 4.69) is 6.58 Å². The Morgan fingerprint density at radius 3 is 2.33 bits per heavy atom. The zero-order chi connectivity index (χ0) is 20.9. The highest BCUT2D eigenvalue weighted by Crippen LogP contribution is 2.35. The van der Waals surface area contributed by atoms with Crippen LogP contribution in [-0.2, 0) is 11.0 Å². The van der Waals surface area contributed by atoms with Crippen LogP contribution in [0.5, 0.6) is 0 Å². The molecule has 0 unspecified atom stereocenters. The normalized spacial score (nSPS) is 13.4. The lowest BCUT2D eigenvalue weighted by Crippen LogP contribution is -2.51. The number of halogens is 3. The second-order valence-corrected chi connectivity index (χ2v) is 6.99. The van der Waals surface area contributed by atoms with Crippen LogP contribution in [0.2, 0.25) is 0 Å². The zero-order valence-corrected chi connectivity index (χ0v) is 16.4. The minimum absolute atomic E-state index is 0.0933. The lowest BCUT2D eigenvalue weighted by atomic mass is 9.94. The molecular formula is C20H26F3N3O. The number of alkyl halides is 3. The van der Waals surface area contributed by atoms with Crippen LogP contribution in [0.1, 0.15) is 38.3 Å². The van der Waals surface area contributed by atoms with Crippen molar-refractivity contribution in [2.45, 2.75) is 39.4 Å². The van der Waals surface area contributed by atoms with Crippen LogP contribution in [0.25, 0.3) is 0 Å². The molecule has 0 heterocycles. The molecule has 27 heavy (non-hydrogen) atoms. The lowest BCUT2D eigenvalue weighted by molar-refractivity contribution is -0.137. The van der Waals surface area contributed by atoms with E-state index in [9.17, 15) is 18.0 Å². The van der Waals surface area contributed by atoms with Crippen LogP contribution in [-0.4, -0.2) is 37.5 Å². The molecule has 0 fully saturated rings. The first-order valence-electron chi connectivity index (χ1n) is 8.67. The van der Waals surface area contributed by atoms with Gasteiger partial charge in [-0.25, -0.2) is 0 Å². The average Bonchev–Trinajstić information content (AvgIpc) is 2.58. The van der Waals surface area contributed by atoms with E-state index in [4.69, 9.17) is 5.26 Å². The maximum Gasteiger partial charge on any atom is 0.417 e. The molecule has 0 aliphatic heterocycles. The van der Waals surface area contributed by atoms with Gasteiger partial charge in [0.05, 0.1) is 17.2 Å². The van der Waals surface area contributed by atoms with Gasteiger partial charge in [0.25, 0.3) is 0 Å². The molecule has 0 saturated carbocycles. The fraction of sp³-hybridized carbons (Fsp3) is 0.500. The first-order valence-corrected chi connectivity index (χ1v) is 8.67. The molecule has 0 bridgehead atoms. The predicted octanol–water partition coefficient (Wildman–Crippen LogP) is 4.46. The third-order valence-electron chi connectivity index (χ3n) is 4.41. The third kappa shape index (κ3) is 5.49. The fourth-order valence-corrected chi connectivity index (χ4v) is 2.86. The van der Waals surface area contributed by atoms with Gasteiger partial charge < -0.3 is 9.80 Å². The second kappa shape index (κ2) is 8.94. The lowest BCUT2D eigenvalue weighted by Gasteiger charge is -2.38. The number of anilines is 1. The van der Waals surface area contributed by atoms with Crippen LogP contribution >= 0.6 is 0 Å². The summed E-state index contributed by atoms with van der Waals surface area (Å²) in [5.74, 6) is -0.284. The molecular weight excluding hydrogens is 355 g/mol. The van der Waals surface area contributed by atoms with Crippen molar-refractivity contribution in [2.24, 2.45) is 5.92 Å². The third-order valence-corrected chi connectivity index (χ3v) is 4.41. The van der Waals surface area contributed by atoms with Gasteiger partial charge in [0.15, 0.2) is 0 Å². The van der Waals surface area contributed by atoms with Crippen LogP contribution in [0, 0.1) is 17.2 Å². The molecule has 0 N–H and O–H groups in total. The largest absolute Gasteiger partial charge is 0.417 e. The number of likely N-dealkylation sites (N-methyl/N-ethyl adjacent to an activating group) is 1. The van der Waals surface area contributed by atoms with Crippen molar-refractivity contribution in [3.05, 3.63) is 41.5 Å². The highest BCUT2D eigenvalue weighted by Gasteiger charge is 2.36. The Kier molecular flexibility index (Phi) is 7.46. The second-order valence-electron chi connectivity index (χ2n) is 6.99. The zero-order valence-electron chi connectivity index (χ0n) is 16.4. The molecule has 0 aliphatic rings. The maximum absolute atomic E-state index is 13.4. The van der Waals surface area contributed by atoms with Gasteiger partial charge in [-0.1, -0.05) is 32.4 Å². The topological polar surface area (TPSA) is 47.3 Å². The summed E-state index contributed by atoms with van der Waals surface area (Å²) in [4.78, 5) is 15.9. The molecule has 7 heteroatoms. The van der Waals surface area contributed by atoms with Crippen molar-refractivity contribution in [3.8, 4) is 6.07 Å². The van der Waals surface area contributed by atoms with Gasteiger partial charge in [0.1, 0.15) is 6.04 Å². The number of amides is 1. The van der Waals surface area contributed by atoms with Gasteiger partial charge in [-0.3, -0.25) is 4.79 Å². The van der Waals surface area contributed by atoms with Crippen LogP contribution in [0.4, 0.5) is 18.9 Å². The van der Waals surface area contributed by atoms with E-state index in [0.717, 1.165) is 12.1 Å². The van der Waals surface area contributed by atoms with Gasteiger partial charge in [-0.15, -0.1) is 0 Å². The summed E-state index contributed by atoms with van der Waals surface area (Å²) in [6, 6.07) is 4.49. The minimum Gasteiger partial charge on any atom is -0.355 e. The Labute approximate surface area is 158 Å². The number of rotatable bonds is 7. The van der Waals surface area contributed by atoms with E-state index in [1.807, 2.05) is 13.8 Å². The minimum atomic E-state index is -4.66. The van der Waals surface area contributed by atoms with E-state index in [1.165, 1.54) is 11.0 Å². The number of hydrogen-bond donors (Lipinski definition) is 0. The molecule has 0 radical (unpaired) electrons. The fourth-order valence-electron chi connectivity index (χ4n) is 2.86. The number of benzene rings is 1. The molecule has 0 saturated heterocycles. The number of carbonyl (C=O) groups is 1. The summed E-state index contributed by atoms with van der Waals surface area (Å²) in [7, 11) is 3.24. The molecule has 0 spiro atoms. The van der Waals surface area contributed by atoms with Crippen LogP contribution in [0.3, 0.4) is 0 Å². The van der Waals surface area contributed by atoms with Crippen LogP contribution in [0.15, 0.2) is 30.4 Å². The van der Waals surface area contributed by atoms with Gasteiger partial charge in [0.2, 0.25) is 5.91 Å². The molecule has 1 aromatic rings. The molecule has 1 rings (SSSR count). The molecule has 148 valence electrons. The average molecular weight is 381 g/mol. The first-order chi connectivity index (χ1) is 12.4. The summed E-state index contributed by atoms with van der Waals surface area (Å²) in [6.45, 7) is 9.67. The molecule has 1 aromatic carbocycles. The molecule has 1 amide bonds. The van der Waals surface area contributed by atoms with E-state index in [-0.39, 0.29) is 24.1 Å². The number of nitriles is 1. The summed E-state index contributed by atoms with van der Waals surface area (Å²) in [5.41, 5.74) is -0.493. The van der Waals surface area contributed by atoms with E-state index < -0.39 is 23.3 Å². The summed E-state index contributed by atoms with van der Waals surface area (Å²) in [6.07, 6.45) is -3.98.